The Morgan fingerprint density at radius 2 is 2.00 bits per heavy atom. The molecule has 2 aromatic heterocycles. The monoisotopic (exact) mass is 285 g/mol. The number of fused-ring (bicyclic) bond motifs is 2. The molecule has 1 aliphatic carbocycles. The Morgan fingerprint density at radius 3 is 2.90 bits per heavy atom. The fourth-order valence-electron chi connectivity index (χ4n) is 2.85. The van der Waals surface area contributed by atoms with Gasteiger partial charge in [0.1, 0.15) is 0 Å². The molecule has 0 spiro atoms. The van der Waals surface area contributed by atoms with Gasteiger partial charge in [0.05, 0.1) is 10.2 Å². The van der Waals surface area contributed by atoms with Crippen molar-refractivity contribution in [2.75, 3.05) is 0 Å². The molecular weight excluding hydrogens is 270 g/mol. The fraction of sp³-hybridized carbons (Fsp3) is 0.333. The number of hydrogen-bond acceptors (Lipinski definition) is 3. The predicted molar refractivity (Wildman–Crippen MR) is 80.8 cm³/mol. The predicted octanol–water partition coefficient (Wildman–Crippen LogP) is 3.04. The van der Waals surface area contributed by atoms with Crippen LogP contribution in [-0.4, -0.2) is 14.8 Å². The molecule has 5 heteroatoms. The van der Waals surface area contributed by atoms with Crippen molar-refractivity contribution in [3.63, 3.8) is 0 Å². The molecule has 1 aromatic carbocycles. The van der Waals surface area contributed by atoms with Gasteiger partial charge in [-0.25, -0.2) is 4.98 Å². The number of aryl methyl sites for hydroxylation is 1. The smallest absolute Gasteiger partial charge is 0.276 e. The first kappa shape index (κ1) is 11.9. The van der Waals surface area contributed by atoms with Crippen LogP contribution in [0.1, 0.15) is 30.5 Å². The molecule has 0 amide bonds. The summed E-state index contributed by atoms with van der Waals surface area (Å²) >= 11 is 1.55. The second-order valence-corrected chi connectivity index (χ2v) is 6.24. The minimum Gasteiger partial charge on any atom is -0.293 e. The van der Waals surface area contributed by atoms with E-state index in [1.165, 1.54) is 6.42 Å². The summed E-state index contributed by atoms with van der Waals surface area (Å²) in [6.07, 6.45) is 5.35. The molecule has 1 aliphatic rings. The van der Waals surface area contributed by atoms with Crippen LogP contribution in [0.2, 0.25) is 0 Å². The van der Waals surface area contributed by atoms with Gasteiger partial charge < -0.3 is 0 Å². The first-order valence-corrected chi connectivity index (χ1v) is 7.83. The Labute approximate surface area is 120 Å². The van der Waals surface area contributed by atoms with Crippen molar-refractivity contribution in [3.05, 3.63) is 45.9 Å². The lowest BCUT2D eigenvalue weighted by atomic mass is 10.1. The summed E-state index contributed by atoms with van der Waals surface area (Å²) in [5.41, 5.74) is 3.10. The van der Waals surface area contributed by atoms with Crippen LogP contribution in [-0.2, 0) is 12.8 Å². The van der Waals surface area contributed by atoms with Crippen LogP contribution in [0.3, 0.4) is 0 Å². The summed E-state index contributed by atoms with van der Waals surface area (Å²) in [5.74, 6) is 0. The number of hydrogen-bond donors (Lipinski definition) is 1. The lowest BCUT2D eigenvalue weighted by molar-refractivity contribution is 0.689. The number of para-hydroxylation sites is 1. The Kier molecular flexibility index (Phi) is 2.73. The molecule has 2 heterocycles. The van der Waals surface area contributed by atoms with Crippen molar-refractivity contribution >= 4 is 21.6 Å². The van der Waals surface area contributed by atoms with E-state index in [0.717, 1.165) is 52.3 Å². The number of benzene rings is 1. The molecule has 1 N–H and O–H groups in total. The van der Waals surface area contributed by atoms with Crippen molar-refractivity contribution in [2.24, 2.45) is 0 Å². The van der Waals surface area contributed by atoms with E-state index in [9.17, 15) is 4.79 Å². The molecule has 0 bridgehead atoms. The fourth-order valence-corrected chi connectivity index (χ4v) is 3.78. The van der Waals surface area contributed by atoms with Gasteiger partial charge in [0, 0.05) is 11.3 Å². The second-order valence-electron chi connectivity index (χ2n) is 5.23. The lowest BCUT2D eigenvalue weighted by Crippen LogP contribution is -2.17. The summed E-state index contributed by atoms with van der Waals surface area (Å²) in [5, 5.41) is 4.01. The summed E-state index contributed by atoms with van der Waals surface area (Å²) < 4.78 is 2.74. The van der Waals surface area contributed by atoms with Gasteiger partial charge in [-0.3, -0.25) is 9.89 Å². The molecule has 4 rings (SSSR count). The number of aromatic amines is 1. The Hall–Kier alpha value is -1.88. The van der Waals surface area contributed by atoms with Crippen LogP contribution in [0.25, 0.3) is 15.3 Å². The van der Waals surface area contributed by atoms with Crippen molar-refractivity contribution < 1.29 is 0 Å². The topological polar surface area (TPSA) is 50.7 Å². The van der Waals surface area contributed by atoms with Crippen LogP contribution in [0, 0.1) is 0 Å². The van der Waals surface area contributed by atoms with E-state index in [4.69, 9.17) is 0 Å². The molecule has 0 fully saturated rings. The van der Waals surface area contributed by atoms with Crippen molar-refractivity contribution in [2.45, 2.75) is 32.1 Å². The van der Waals surface area contributed by atoms with Crippen LogP contribution >= 0.6 is 11.3 Å². The third-order valence-electron chi connectivity index (χ3n) is 3.90. The first-order chi connectivity index (χ1) is 9.83. The SMILES string of the molecule is O=c1c2c([nH]n1-c1nc3ccccc3s1)CCCCC2. The second kappa shape index (κ2) is 4.59. The van der Waals surface area contributed by atoms with Crippen molar-refractivity contribution in [1.29, 1.82) is 0 Å². The van der Waals surface area contributed by atoms with Gasteiger partial charge in [-0.05, 0) is 37.8 Å². The minimum absolute atomic E-state index is 0.0842. The number of aromatic nitrogens is 3. The number of nitrogens with one attached hydrogen (secondary N) is 1. The Bertz CT molecular complexity index is 794. The Morgan fingerprint density at radius 1 is 1.15 bits per heavy atom. The van der Waals surface area contributed by atoms with Gasteiger partial charge in [0.25, 0.3) is 5.56 Å². The highest BCUT2D eigenvalue weighted by Crippen LogP contribution is 2.24. The molecule has 102 valence electrons. The van der Waals surface area contributed by atoms with Crippen molar-refractivity contribution in [3.8, 4) is 5.13 Å². The van der Waals surface area contributed by atoms with Gasteiger partial charge in [-0.15, -0.1) is 0 Å². The summed E-state index contributed by atoms with van der Waals surface area (Å²) in [4.78, 5) is 17.1. The summed E-state index contributed by atoms with van der Waals surface area (Å²) in [7, 11) is 0. The molecule has 0 unspecified atom stereocenters. The van der Waals surface area contributed by atoms with Gasteiger partial charge in [0.15, 0.2) is 0 Å². The lowest BCUT2D eigenvalue weighted by Gasteiger charge is -1.96. The van der Waals surface area contributed by atoms with Gasteiger partial charge >= 0.3 is 0 Å². The molecule has 0 radical (unpaired) electrons. The van der Waals surface area contributed by atoms with Crippen LogP contribution in [0.4, 0.5) is 0 Å². The first-order valence-electron chi connectivity index (χ1n) is 7.01. The van der Waals surface area contributed by atoms with Gasteiger partial charge in [-0.2, -0.15) is 4.68 Å². The van der Waals surface area contributed by atoms with Crippen LogP contribution in [0.15, 0.2) is 29.1 Å². The molecular formula is C15H15N3OS. The molecule has 0 saturated carbocycles. The highest BCUT2D eigenvalue weighted by Gasteiger charge is 2.18. The van der Waals surface area contributed by atoms with E-state index in [1.807, 2.05) is 24.3 Å². The quantitative estimate of drug-likeness (QED) is 0.699. The van der Waals surface area contributed by atoms with Crippen LogP contribution in [0.5, 0.6) is 0 Å². The van der Waals surface area contributed by atoms with E-state index in [0.29, 0.717) is 0 Å². The van der Waals surface area contributed by atoms with Gasteiger partial charge in [0.2, 0.25) is 5.13 Å². The average molecular weight is 285 g/mol. The summed E-state index contributed by atoms with van der Waals surface area (Å²) in [6, 6.07) is 7.99. The number of nitrogens with zero attached hydrogens (tertiary/aromatic N) is 2. The highest BCUT2D eigenvalue weighted by molar-refractivity contribution is 7.20. The number of thiazole rings is 1. The third kappa shape index (κ3) is 1.81. The average Bonchev–Trinajstić information content (AvgIpc) is 2.92. The van der Waals surface area contributed by atoms with E-state index in [2.05, 4.69) is 10.1 Å². The van der Waals surface area contributed by atoms with E-state index < -0.39 is 0 Å². The zero-order valence-corrected chi connectivity index (χ0v) is 11.9. The van der Waals surface area contributed by atoms with E-state index in [1.54, 1.807) is 16.0 Å². The minimum atomic E-state index is 0.0842. The van der Waals surface area contributed by atoms with E-state index in [-0.39, 0.29) is 5.56 Å². The maximum Gasteiger partial charge on any atom is 0.276 e. The van der Waals surface area contributed by atoms with Crippen LogP contribution < -0.4 is 5.56 Å². The maximum absolute atomic E-state index is 12.5. The molecule has 0 saturated heterocycles. The maximum atomic E-state index is 12.5. The standard InChI is InChI=1S/C15H15N3OS/c19-14-10-6-2-1-3-7-11(10)17-18(14)15-16-12-8-4-5-9-13(12)20-15/h4-5,8-9,17H,1-3,6-7H2. The summed E-state index contributed by atoms with van der Waals surface area (Å²) in [6.45, 7) is 0. The van der Waals surface area contributed by atoms with Gasteiger partial charge in [-0.1, -0.05) is 29.9 Å². The molecule has 3 aromatic rings. The molecule has 0 atom stereocenters. The largest absolute Gasteiger partial charge is 0.293 e. The zero-order valence-electron chi connectivity index (χ0n) is 11.1. The van der Waals surface area contributed by atoms with E-state index >= 15 is 0 Å². The zero-order chi connectivity index (χ0) is 13.5. The molecule has 4 nitrogen and oxygen atoms in total. The molecule has 0 aliphatic heterocycles. The Balaban J connectivity index is 1.88. The number of H-pyrrole nitrogens is 1. The number of rotatable bonds is 1. The molecule has 20 heavy (non-hydrogen) atoms. The highest BCUT2D eigenvalue weighted by atomic mass is 32.1. The normalized spacial score (nSPS) is 15.2. The third-order valence-corrected chi connectivity index (χ3v) is 4.92. The van der Waals surface area contributed by atoms with Crippen molar-refractivity contribution in [1.82, 2.24) is 14.8 Å².